The first-order valence-corrected chi connectivity index (χ1v) is 11.2. The van der Waals surface area contributed by atoms with E-state index in [2.05, 4.69) is 15.8 Å². The predicted molar refractivity (Wildman–Crippen MR) is 134 cm³/mol. The number of rotatable bonds is 8. The molecular formula is C25H23Cl2N3O4. The molecular weight excluding hydrogens is 477 g/mol. The second-order valence-corrected chi connectivity index (χ2v) is 7.96. The Hall–Kier alpha value is -3.55. The van der Waals surface area contributed by atoms with E-state index >= 15 is 0 Å². The summed E-state index contributed by atoms with van der Waals surface area (Å²) in [5.74, 6) is -0.679. The van der Waals surface area contributed by atoms with Crippen molar-refractivity contribution in [2.24, 2.45) is 5.10 Å². The van der Waals surface area contributed by atoms with E-state index in [1.165, 1.54) is 6.21 Å². The number of ether oxygens (including phenoxy) is 2. The molecule has 34 heavy (non-hydrogen) atoms. The third kappa shape index (κ3) is 6.97. The lowest BCUT2D eigenvalue weighted by Gasteiger charge is -2.12. The number of benzene rings is 3. The van der Waals surface area contributed by atoms with Crippen LogP contribution >= 0.6 is 23.2 Å². The lowest BCUT2D eigenvalue weighted by atomic mass is 10.2. The Balaban J connectivity index is 1.60. The molecule has 0 saturated heterocycles. The molecule has 0 aliphatic carbocycles. The van der Waals surface area contributed by atoms with Crippen LogP contribution in [-0.2, 0) is 16.2 Å². The van der Waals surface area contributed by atoms with Crippen LogP contribution in [0.15, 0.2) is 65.8 Å². The molecule has 3 rings (SSSR count). The maximum atomic E-state index is 12.1. The normalized spacial score (nSPS) is 10.7. The average Bonchev–Trinajstić information content (AvgIpc) is 2.82. The largest absolute Gasteiger partial charge is 0.490 e. The van der Waals surface area contributed by atoms with E-state index in [1.54, 1.807) is 55.5 Å². The standard InChI is InChI=1S/C25H23Cl2N3O4/c1-3-33-23-13-18(9-12-22(23)34-15-17-7-10-19(26)11-8-17)14-28-30-25(32)24(31)29-21-6-4-5-20(27)16(21)2/h4-14H,3,15H2,1-2H3,(H,29,31)(H,30,32)/b28-14-. The van der Waals surface area contributed by atoms with Crippen molar-refractivity contribution in [2.75, 3.05) is 11.9 Å². The molecule has 9 heteroatoms. The molecule has 0 heterocycles. The van der Waals surface area contributed by atoms with Gasteiger partial charge in [-0.05, 0) is 73.0 Å². The summed E-state index contributed by atoms with van der Waals surface area (Å²) in [5, 5.41) is 7.51. The average molecular weight is 500 g/mol. The minimum atomic E-state index is -0.913. The van der Waals surface area contributed by atoms with E-state index in [0.717, 1.165) is 5.56 Å². The van der Waals surface area contributed by atoms with E-state index in [1.807, 2.05) is 19.1 Å². The van der Waals surface area contributed by atoms with Crippen molar-refractivity contribution in [1.29, 1.82) is 0 Å². The van der Waals surface area contributed by atoms with Crippen LogP contribution in [0.5, 0.6) is 11.5 Å². The minimum absolute atomic E-state index is 0.349. The molecule has 2 N–H and O–H groups in total. The van der Waals surface area contributed by atoms with Gasteiger partial charge in [-0.1, -0.05) is 41.4 Å². The second kappa shape index (κ2) is 12.1. The highest BCUT2D eigenvalue weighted by atomic mass is 35.5. The highest BCUT2D eigenvalue weighted by Gasteiger charge is 2.14. The Kier molecular flexibility index (Phi) is 8.90. The van der Waals surface area contributed by atoms with E-state index in [-0.39, 0.29) is 0 Å². The maximum absolute atomic E-state index is 12.1. The maximum Gasteiger partial charge on any atom is 0.329 e. The third-order valence-electron chi connectivity index (χ3n) is 4.68. The van der Waals surface area contributed by atoms with Crippen LogP contribution < -0.4 is 20.2 Å². The Bertz CT molecular complexity index is 1200. The molecule has 0 unspecified atom stereocenters. The predicted octanol–water partition coefficient (Wildman–Crippen LogP) is 5.37. The molecule has 0 bridgehead atoms. The summed E-state index contributed by atoms with van der Waals surface area (Å²) < 4.78 is 11.5. The number of hydrazone groups is 1. The molecule has 0 fully saturated rings. The number of carbonyl (C=O) groups is 2. The molecule has 2 amide bonds. The molecule has 0 aromatic heterocycles. The van der Waals surface area contributed by atoms with Gasteiger partial charge in [0.05, 0.1) is 12.8 Å². The lowest BCUT2D eigenvalue weighted by molar-refractivity contribution is -0.136. The molecule has 176 valence electrons. The van der Waals surface area contributed by atoms with Crippen LogP contribution in [0.3, 0.4) is 0 Å². The van der Waals surface area contributed by atoms with Crippen LogP contribution in [-0.4, -0.2) is 24.6 Å². The van der Waals surface area contributed by atoms with Crippen LogP contribution in [0, 0.1) is 6.92 Å². The van der Waals surface area contributed by atoms with Crippen molar-refractivity contribution in [3.8, 4) is 11.5 Å². The lowest BCUT2D eigenvalue weighted by Crippen LogP contribution is -2.32. The van der Waals surface area contributed by atoms with E-state index in [4.69, 9.17) is 32.7 Å². The topological polar surface area (TPSA) is 89.0 Å². The molecule has 0 aliphatic rings. The number of amides is 2. The molecule has 3 aromatic rings. The second-order valence-electron chi connectivity index (χ2n) is 7.12. The fourth-order valence-corrected chi connectivity index (χ4v) is 3.17. The summed E-state index contributed by atoms with van der Waals surface area (Å²) in [6.07, 6.45) is 1.40. The molecule has 0 atom stereocenters. The van der Waals surface area contributed by atoms with Gasteiger partial charge in [0.25, 0.3) is 0 Å². The Morgan fingerprint density at radius 3 is 2.47 bits per heavy atom. The molecule has 0 radical (unpaired) electrons. The van der Waals surface area contributed by atoms with Crippen LogP contribution in [0.25, 0.3) is 0 Å². The molecule has 3 aromatic carbocycles. The van der Waals surface area contributed by atoms with E-state index in [0.29, 0.717) is 51.6 Å². The van der Waals surface area contributed by atoms with Gasteiger partial charge in [-0.15, -0.1) is 0 Å². The number of hydrogen-bond donors (Lipinski definition) is 2. The van der Waals surface area contributed by atoms with Gasteiger partial charge >= 0.3 is 11.8 Å². The van der Waals surface area contributed by atoms with Crippen molar-refractivity contribution in [3.63, 3.8) is 0 Å². The Morgan fingerprint density at radius 2 is 1.74 bits per heavy atom. The monoisotopic (exact) mass is 499 g/mol. The first-order chi connectivity index (χ1) is 16.4. The highest BCUT2D eigenvalue weighted by molar-refractivity contribution is 6.40. The number of anilines is 1. The molecule has 0 saturated carbocycles. The first kappa shape index (κ1) is 25.1. The third-order valence-corrected chi connectivity index (χ3v) is 5.34. The zero-order valence-electron chi connectivity index (χ0n) is 18.6. The van der Waals surface area contributed by atoms with Crippen molar-refractivity contribution < 1.29 is 19.1 Å². The summed E-state index contributed by atoms with van der Waals surface area (Å²) in [6.45, 7) is 4.40. The zero-order valence-corrected chi connectivity index (χ0v) is 20.1. The molecule has 7 nitrogen and oxygen atoms in total. The number of hydrogen-bond acceptors (Lipinski definition) is 5. The van der Waals surface area contributed by atoms with Crippen molar-refractivity contribution in [2.45, 2.75) is 20.5 Å². The van der Waals surface area contributed by atoms with Crippen LogP contribution in [0.4, 0.5) is 5.69 Å². The van der Waals surface area contributed by atoms with Gasteiger partial charge in [-0.3, -0.25) is 9.59 Å². The van der Waals surface area contributed by atoms with Crippen molar-refractivity contribution in [3.05, 3.63) is 87.4 Å². The number of nitrogens with zero attached hydrogens (tertiary/aromatic N) is 1. The Morgan fingerprint density at radius 1 is 0.971 bits per heavy atom. The minimum Gasteiger partial charge on any atom is -0.490 e. The first-order valence-electron chi connectivity index (χ1n) is 10.4. The van der Waals surface area contributed by atoms with E-state index < -0.39 is 11.8 Å². The summed E-state index contributed by atoms with van der Waals surface area (Å²) in [7, 11) is 0. The fourth-order valence-electron chi connectivity index (χ4n) is 2.87. The van der Waals surface area contributed by atoms with E-state index in [9.17, 15) is 9.59 Å². The van der Waals surface area contributed by atoms with Gasteiger partial charge in [-0.25, -0.2) is 5.43 Å². The molecule has 0 aliphatic heterocycles. The Labute approximate surface area is 207 Å². The fraction of sp³-hybridized carbons (Fsp3) is 0.160. The van der Waals surface area contributed by atoms with Crippen molar-refractivity contribution >= 4 is 46.9 Å². The van der Waals surface area contributed by atoms with Gasteiger partial charge in [0.1, 0.15) is 6.61 Å². The summed E-state index contributed by atoms with van der Waals surface area (Å²) in [4.78, 5) is 24.2. The van der Waals surface area contributed by atoms with Crippen LogP contribution in [0.1, 0.15) is 23.6 Å². The van der Waals surface area contributed by atoms with Gasteiger partial charge < -0.3 is 14.8 Å². The van der Waals surface area contributed by atoms with Gasteiger partial charge in [0.15, 0.2) is 11.5 Å². The van der Waals surface area contributed by atoms with Gasteiger partial charge in [-0.2, -0.15) is 5.10 Å². The quantitative estimate of drug-likeness (QED) is 0.247. The molecule has 0 spiro atoms. The highest BCUT2D eigenvalue weighted by Crippen LogP contribution is 2.29. The SMILES string of the molecule is CCOc1cc(/C=N\NC(=O)C(=O)Nc2cccc(Cl)c2C)ccc1OCc1ccc(Cl)cc1. The summed E-state index contributed by atoms with van der Waals surface area (Å²) in [6, 6.07) is 17.6. The van der Waals surface area contributed by atoms with Gasteiger partial charge in [0.2, 0.25) is 0 Å². The smallest absolute Gasteiger partial charge is 0.329 e. The number of carbonyl (C=O) groups excluding carboxylic acids is 2. The van der Waals surface area contributed by atoms with Gasteiger partial charge in [0, 0.05) is 15.7 Å². The van der Waals surface area contributed by atoms with Crippen molar-refractivity contribution in [1.82, 2.24) is 5.43 Å². The van der Waals surface area contributed by atoms with Crippen LogP contribution in [0.2, 0.25) is 10.0 Å². The summed E-state index contributed by atoms with van der Waals surface area (Å²) in [5.41, 5.74) is 4.93. The number of nitrogens with one attached hydrogen (secondary N) is 2. The summed E-state index contributed by atoms with van der Waals surface area (Å²) >= 11 is 11.9. The number of halogens is 2. The zero-order chi connectivity index (χ0) is 24.5.